The third-order valence-corrected chi connectivity index (χ3v) is 3.09. The maximum Gasteiger partial charge on any atom is 0.0930 e. The summed E-state index contributed by atoms with van der Waals surface area (Å²) in [6, 6.07) is 0.700. The number of hydrogen-bond acceptors (Lipinski definition) is 4. The minimum Gasteiger partial charge on any atom is -0.382 e. The number of ether oxygens (including phenoxy) is 2. The molecule has 90 valence electrons. The Bertz CT molecular complexity index is 167. The van der Waals surface area contributed by atoms with E-state index in [1.54, 1.807) is 7.11 Å². The van der Waals surface area contributed by atoms with Gasteiger partial charge in [-0.1, -0.05) is 0 Å². The SMILES string of the molecule is COCC(CN)OCCC1CCCN1C. The second kappa shape index (κ2) is 7.17. The van der Waals surface area contributed by atoms with Gasteiger partial charge >= 0.3 is 0 Å². The molecule has 15 heavy (non-hydrogen) atoms. The van der Waals surface area contributed by atoms with E-state index in [1.165, 1.54) is 19.4 Å². The summed E-state index contributed by atoms with van der Waals surface area (Å²) >= 11 is 0. The zero-order valence-electron chi connectivity index (χ0n) is 9.95. The summed E-state index contributed by atoms with van der Waals surface area (Å²) < 4.78 is 10.7. The zero-order valence-corrected chi connectivity index (χ0v) is 9.95. The first-order valence-corrected chi connectivity index (χ1v) is 5.78. The number of nitrogens with zero attached hydrogens (tertiary/aromatic N) is 1. The van der Waals surface area contributed by atoms with Crippen LogP contribution < -0.4 is 5.73 Å². The second-order valence-electron chi connectivity index (χ2n) is 4.25. The standard InChI is InChI=1S/C11H24N2O2/c1-13-6-3-4-10(13)5-7-15-11(8-12)9-14-2/h10-11H,3-9,12H2,1-2H3. The van der Waals surface area contributed by atoms with Gasteiger partial charge in [0.05, 0.1) is 12.7 Å². The predicted octanol–water partition coefficient (Wildman–Crippen LogP) is 0.461. The highest BCUT2D eigenvalue weighted by Gasteiger charge is 2.20. The number of likely N-dealkylation sites (tertiary alicyclic amines) is 1. The van der Waals surface area contributed by atoms with Gasteiger partial charge in [-0.3, -0.25) is 0 Å². The number of nitrogens with two attached hydrogens (primary N) is 1. The first-order chi connectivity index (χ1) is 7.27. The summed E-state index contributed by atoms with van der Waals surface area (Å²) in [5.41, 5.74) is 5.56. The largest absolute Gasteiger partial charge is 0.382 e. The molecule has 4 nitrogen and oxygen atoms in total. The molecule has 0 aliphatic carbocycles. The molecule has 0 bridgehead atoms. The number of rotatable bonds is 7. The van der Waals surface area contributed by atoms with Crippen LogP contribution in [-0.2, 0) is 9.47 Å². The van der Waals surface area contributed by atoms with E-state index in [4.69, 9.17) is 15.2 Å². The fraction of sp³-hybridized carbons (Fsp3) is 1.00. The van der Waals surface area contributed by atoms with E-state index >= 15 is 0 Å². The summed E-state index contributed by atoms with van der Waals surface area (Å²) in [6.07, 6.45) is 3.79. The highest BCUT2D eigenvalue weighted by atomic mass is 16.5. The minimum atomic E-state index is 0.0571. The fourth-order valence-corrected chi connectivity index (χ4v) is 2.08. The van der Waals surface area contributed by atoms with Crippen LogP contribution in [0.3, 0.4) is 0 Å². The van der Waals surface area contributed by atoms with Crippen molar-refractivity contribution in [2.75, 3.05) is 40.5 Å². The molecular formula is C11H24N2O2. The molecule has 2 unspecified atom stereocenters. The molecule has 0 radical (unpaired) electrons. The van der Waals surface area contributed by atoms with Crippen LogP contribution in [0.1, 0.15) is 19.3 Å². The lowest BCUT2D eigenvalue weighted by Crippen LogP contribution is -2.31. The average molecular weight is 216 g/mol. The van der Waals surface area contributed by atoms with Crippen molar-refractivity contribution in [1.29, 1.82) is 0 Å². The molecule has 0 aromatic rings. The molecule has 2 N–H and O–H groups in total. The Hall–Kier alpha value is -0.160. The van der Waals surface area contributed by atoms with Gasteiger partial charge in [0.15, 0.2) is 0 Å². The monoisotopic (exact) mass is 216 g/mol. The van der Waals surface area contributed by atoms with E-state index in [9.17, 15) is 0 Å². The van der Waals surface area contributed by atoms with Gasteiger partial charge in [0, 0.05) is 26.3 Å². The van der Waals surface area contributed by atoms with Crippen LogP contribution in [0.15, 0.2) is 0 Å². The van der Waals surface area contributed by atoms with Gasteiger partial charge in [0.25, 0.3) is 0 Å². The molecule has 1 aliphatic heterocycles. The van der Waals surface area contributed by atoms with Gasteiger partial charge in [0.2, 0.25) is 0 Å². The third kappa shape index (κ3) is 4.47. The molecule has 0 spiro atoms. The predicted molar refractivity (Wildman–Crippen MR) is 60.9 cm³/mol. The Labute approximate surface area is 92.7 Å². The van der Waals surface area contributed by atoms with E-state index in [2.05, 4.69) is 11.9 Å². The normalized spacial score (nSPS) is 24.6. The van der Waals surface area contributed by atoms with Crippen molar-refractivity contribution in [1.82, 2.24) is 4.90 Å². The van der Waals surface area contributed by atoms with Crippen molar-refractivity contribution in [2.45, 2.75) is 31.4 Å². The quantitative estimate of drug-likeness (QED) is 0.671. The maximum absolute atomic E-state index is 5.67. The van der Waals surface area contributed by atoms with Gasteiger partial charge < -0.3 is 20.1 Å². The highest BCUT2D eigenvalue weighted by molar-refractivity contribution is 4.76. The van der Waals surface area contributed by atoms with Crippen molar-refractivity contribution < 1.29 is 9.47 Å². The van der Waals surface area contributed by atoms with Gasteiger partial charge in [-0.05, 0) is 32.9 Å². The van der Waals surface area contributed by atoms with Crippen molar-refractivity contribution >= 4 is 0 Å². The lowest BCUT2D eigenvalue weighted by molar-refractivity contribution is -0.00236. The summed E-state index contributed by atoms with van der Waals surface area (Å²) in [5, 5.41) is 0. The smallest absolute Gasteiger partial charge is 0.0930 e. The van der Waals surface area contributed by atoms with Crippen LogP contribution in [0.25, 0.3) is 0 Å². The first-order valence-electron chi connectivity index (χ1n) is 5.78. The Kier molecular flexibility index (Phi) is 6.17. The molecule has 0 aromatic carbocycles. The number of methoxy groups -OCH3 is 1. The van der Waals surface area contributed by atoms with Crippen LogP contribution in [0, 0.1) is 0 Å². The summed E-state index contributed by atoms with van der Waals surface area (Å²) in [4.78, 5) is 2.41. The van der Waals surface area contributed by atoms with Gasteiger partial charge in [-0.15, -0.1) is 0 Å². The Morgan fingerprint density at radius 3 is 2.87 bits per heavy atom. The molecule has 2 atom stereocenters. The van der Waals surface area contributed by atoms with Crippen LogP contribution in [0.4, 0.5) is 0 Å². The molecule has 0 saturated carbocycles. The third-order valence-electron chi connectivity index (χ3n) is 3.09. The van der Waals surface area contributed by atoms with Crippen molar-refractivity contribution in [3.05, 3.63) is 0 Å². The van der Waals surface area contributed by atoms with Crippen LogP contribution in [0.5, 0.6) is 0 Å². The van der Waals surface area contributed by atoms with Gasteiger partial charge in [-0.25, -0.2) is 0 Å². The molecule has 0 aromatic heterocycles. The Balaban J connectivity index is 2.08. The fourth-order valence-electron chi connectivity index (χ4n) is 2.08. The minimum absolute atomic E-state index is 0.0571. The molecule has 1 heterocycles. The summed E-state index contributed by atoms with van der Waals surface area (Å²) in [5.74, 6) is 0. The van der Waals surface area contributed by atoms with Crippen LogP contribution in [0.2, 0.25) is 0 Å². The van der Waals surface area contributed by atoms with Crippen LogP contribution in [-0.4, -0.2) is 57.5 Å². The molecule has 0 amide bonds. The maximum atomic E-state index is 5.67. The molecule has 1 rings (SSSR count). The lowest BCUT2D eigenvalue weighted by atomic mass is 10.1. The molecule has 1 aliphatic rings. The highest BCUT2D eigenvalue weighted by Crippen LogP contribution is 2.17. The second-order valence-corrected chi connectivity index (χ2v) is 4.25. The van der Waals surface area contributed by atoms with E-state index in [0.717, 1.165) is 13.0 Å². The van der Waals surface area contributed by atoms with Crippen molar-refractivity contribution in [2.24, 2.45) is 5.73 Å². The Morgan fingerprint density at radius 1 is 1.53 bits per heavy atom. The van der Waals surface area contributed by atoms with E-state index in [-0.39, 0.29) is 6.10 Å². The zero-order chi connectivity index (χ0) is 11.1. The Morgan fingerprint density at radius 2 is 2.33 bits per heavy atom. The van der Waals surface area contributed by atoms with Gasteiger partial charge in [-0.2, -0.15) is 0 Å². The molecule has 4 heteroatoms. The van der Waals surface area contributed by atoms with Gasteiger partial charge in [0.1, 0.15) is 0 Å². The molecule has 1 fully saturated rings. The van der Waals surface area contributed by atoms with Crippen molar-refractivity contribution in [3.63, 3.8) is 0 Å². The van der Waals surface area contributed by atoms with E-state index in [0.29, 0.717) is 19.2 Å². The summed E-state index contributed by atoms with van der Waals surface area (Å²) in [6.45, 7) is 3.15. The van der Waals surface area contributed by atoms with E-state index in [1.807, 2.05) is 0 Å². The average Bonchev–Trinajstić information content (AvgIpc) is 2.63. The topological polar surface area (TPSA) is 47.7 Å². The van der Waals surface area contributed by atoms with E-state index < -0.39 is 0 Å². The van der Waals surface area contributed by atoms with Crippen molar-refractivity contribution in [3.8, 4) is 0 Å². The first kappa shape index (κ1) is 12.9. The molecule has 1 saturated heterocycles. The number of hydrogen-bond donors (Lipinski definition) is 1. The lowest BCUT2D eigenvalue weighted by Gasteiger charge is -2.21. The van der Waals surface area contributed by atoms with Crippen LogP contribution >= 0.6 is 0 Å². The molecular weight excluding hydrogens is 192 g/mol. The summed E-state index contributed by atoms with van der Waals surface area (Å²) in [7, 11) is 3.87.